The maximum absolute atomic E-state index is 11.2. The Morgan fingerprint density at radius 3 is 2.29 bits per heavy atom. The number of amides is 1. The highest BCUT2D eigenvalue weighted by Gasteiger charge is 2.12. The van der Waals surface area contributed by atoms with Gasteiger partial charge in [-0.05, 0) is 24.3 Å². The van der Waals surface area contributed by atoms with Crippen LogP contribution in [0.15, 0.2) is 54.6 Å². The lowest BCUT2D eigenvalue weighted by atomic mass is 10.2. The molecule has 0 aromatic heterocycles. The molecule has 1 unspecified atom stereocenters. The van der Waals surface area contributed by atoms with E-state index in [-0.39, 0.29) is 0 Å². The molecule has 0 saturated heterocycles. The van der Waals surface area contributed by atoms with Crippen LogP contribution in [0.1, 0.15) is 0 Å². The van der Waals surface area contributed by atoms with E-state index >= 15 is 0 Å². The highest BCUT2D eigenvalue weighted by atomic mass is 31.0. The van der Waals surface area contributed by atoms with Crippen LogP contribution in [-0.4, -0.2) is 6.41 Å². The minimum Gasteiger partial charge on any atom is -0.478 e. The van der Waals surface area contributed by atoms with Crippen LogP contribution < -0.4 is 9.42 Å². The molecule has 4 heteroatoms. The van der Waals surface area contributed by atoms with Crippen molar-refractivity contribution in [3.05, 3.63) is 54.6 Å². The van der Waals surface area contributed by atoms with Crippen molar-refractivity contribution in [3.63, 3.8) is 0 Å². The minimum absolute atomic E-state index is 0.633. The van der Waals surface area contributed by atoms with E-state index in [0.717, 1.165) is 12.1 Å². The van der Waals surface area contributed by atoms with Crippen LogP contribution in [0.2, 0.25) is 0 Å². The monoisotopic (exact) mass is 245 g/mol. The number of hydrogen-bond acceptors (Lipinski definition) is 2. The predicted octanol–water partition coefficient (Wildman–Crippen LogP) is 3.15. The molecule has 86 valence electrons. The molecular formula is C13H12NO2P. The second kappa shape index (κ2) is 5.46. The Morgan fingerprint density at radius 1 is 1.00 bits per heavy atom. The van der Waals surface area contributed by atoms with Crippen LogP contribution in [0.5, 0.6) is 5.75 Å². The number of nitrogens with zero attached hydrogens (tertiary/aromatic N) is 1. The minimum atomic E-state index is 0.633. The third-order valence-electron chi connectivity index (χ3n) is 2.39. The van der Waals surface area contributed by atoms with Gasteiger partial charge in [-0.15, -0.1) is 0 Å². The summed E-state index contributed by atoms with van der Waals surface area (Å²) in [6.45, 7) is 0. The molecule has 17 heavy (non-hydrogen) atoms. The highest BCUT2D eigenvalue weighted by Crippen LogP contribution is 2.33. The summed E-state index contributed by atoms with van der Waals surface area (Å²) < 4.78 is 5.17. The first-order valence-corrected chi connectivity index (χ1v) is 5.59. The van der Waals surface area contributed by atoms with Crippen LogP contribution in [0, 0.1) is 0 Å². The lowest BCUT2D eigenvalue weighted by Crippen LogP contribution is -2.14. The Labute approximate surface area is 102 Å². The van der Waals surface area contributed by atoms with Crippen molar-refractivity contribution in [2.45, 2.75) is 0 Å². The van der Waals surface area contributed by atoms with E-state index in [2.05, 4.69) is 9.47 Å². The lowest BCUT2D eigenvalue weighted by Gasteiger charge is -2.19. The number of carbonyl (C=O) groups excluding carboxylic acids is 1. The van der Waals surface area contributed by atoms with Gasteiger partial charge in [-0.25, -0.2) is 0 Å². The highest BCUT2D eigenvalue weighted by molar-refractivity contribution is 7.10. The fourth-order valence-corrected chi connectivity index (χ4v) is 1.80. The molecule has 1 amide bonds. The van der Waals surface area contributed by atoms with E-state index in [4.69, 9.17) is 4.52 Å². The van der Waals surface area contributed by atoms with Crippen molar-refractivity contribution in [2.24, 2.45) is 0 Å². The standard InChI is InChI=1S/C13H12NO2P/c15-10-14(11-6-2-1-3-7-11)12-8-4-5-9-13(12)16-17/h1-10H,17H2. The van der Waals surface area contributed by atoms with E-state index in [1.165, 1.54) is 0 Å². The smallest absolute Gasteiger partial charge is 0.218 e. The number of benzene rings is 2. The summed E-state index contributed by atoms with van der Waals surface area (Å²) in [5.41, 5.74) is 1.51. The van der Waals surface area contributed by atoms with Gasteiger partial charge in [-0.1, -0.05) is 30.3 Å². The van der Waals surface area contributed by atoms with Gasteiger partial charge in [-0.3, -0.25) is 9.69 Å². The molecule has 0 N–H and O–H groups in total. The van der Waals surface area contributed by atoms with Gasteiger partial charge >= 0.3 is 0 Å². The van der Waals surface area contributed by atoms with Gasteiger partial charge in [-0.2, -0.15) is 0 Å². The molecule has 2 rings (SSSR count). The molecule has 0 heterocycles. The quantitative estimate of drug-likeness (QED) is 0.611. The van der Waals surface area contributed by atoms with Gasteiger partial charge in [0.15, 0.2) is 0 Å². The van der Waals surface area contributed by atoms with Gasteiger partial charge < -0.3 is 4.52 Å². The predicted molar refractivity (Wildman–Crippen MR) is 71.4 cm³/mol. The number of hydrogen-bond donors (Lipinski definition) is 0. The van der Waals surface area contributed by atoms with E-state index in [1.807, 2.05) is 54.6 Å². The first kappa shape index (κ1) is 11.6. The Balaban J connectivity index is 2.46. The topological polar surface area (TPSA) is 29.5 Å². The van der Waals surface area contributed by atoms with Crippen molar-refractivity contribution < 1.29 is 9.32 Å². The second-order valence-corrected chi connectivity index (χ2v) is 3.63. The number of rotatable bonds is 4. The molecular weight excluding hydrogens is 233 g/mol. The molecule has 3 nitrogen and oxygen atoms in total. The third-order valence-corrected chi connectivity index (χ3v) is 2.65. The molecule has 0 saturated carbocycles. The zero-order valence-electron chi connectivity index (χ0n) is 9.11. The van der Waals surface area contributed by atoms with E-state index < -0.39 is 0 Å². The van der Waals surface area contributed by atoms with Gasteiger partial charge in [0.1, 0.15) is 5.75 Å². The summed E-state index contributed by atoms with van der Waals surface area (Å²) in [6, 6.07) is 16.8. The molecule has 2 aromatic rings. The summed E-state index contributed by atoms with van der Waals surface area (Å²) in [5.74, 6) is 0.633. The maximum atomic E-state index is 11.2. The molecule has 0 aliphatic rings. The molecule has 0 bridgehead atoms. The van der Waals surface area contributed by atoms with Crippen molar-refractivity contribution in [1.82, 2.24) is 0 Å². The average Bonchev–Trinajstić information content (AvgIpc) is 2.41. The lowest BCUT2D eigenvalue weighted by molar-refractivity contribution is -0.106. The van der Waals surface area contributed by atoms with Crippen LogP contribution in [0.4, 0.5) is 11.4 Å². The van der Waals surface area contributed by atoms with Crippen LogP contribution in [0.25, 0.3) is 0 Å². The molecule has 1 atom stereocenters. The fraction of sp³-hybridized carbons (Fsp3) is 0. The van der Waals surface area contributed by atoms with Crippen molar-refractivity contribution in [2.75, 3.05) is 4.90 Å². The van der Waals surface area contributed by atoms with Crippen LogP contribution >= 0.6 is 9.47 Å². The Morgan fingerprint density at radius 2 is 1.65 bits per heavy atom. The maximum Gasteiger partial charge on any atom is 0.218 e. The summed E-state index contributed by atoms with van der Waals surface area (Å²) >= 11 is 0. The van der Waals surface area contributed by atoms with Gasteiger partial charge in [0.05, 0.1) is 15.2 Å². The average molecular weight is 245 g/mol. The largest absolute Gasteiger partial charge is 0.478 e. The fourth-order valence-electron chi connectivity index (χ4n) is 1.60. The van der Waals surface area contributed by atoms with Gasteiger partial charge in [0, 0.05) is 5.69 Å². The zero-order valence-corrected chi connectivity index (χ0v) is 10.3. The normalized spacial score (nSPS) is 9.71. The number of carbonyl (C=O) groups is 1. The first-order chi connectivity index (χ1) is 8.36. The van der Waals surface area contributed by atoms with Crippen molar-refractivity contribution in [3.8, 4) is 5.75 Å². The summed E-state index contributed by atoms with van der Waals surface area (Å²) in [7, 11) is 2.19. The summed E-state index contributed by atoms with van der Waals surface area (Å²) in [5, 5.41) is 0. The van der Waals surface area contributed by atoms with E-state index in [9.17, 15) is 4.79 Å². The van der Waals surface area contributed by atoms with Crippen LogP contribution in [-0.2, 0) is 4.79 Å². The van der Waals surface area contributed by atoms with Crippen molar-refractivity contribution in [1.29, 1.82) is 0 Å². The van der Waals surface area contributed by atoms with Gasteiger partial charge in [0.25, 0.3) is 0 Å². The molecule has 0 fully saturated rings. The molecule has 2 aromatic carbocycles. The van der Waals surface area contributed by atoms with Crippen molar-refractivity contribution >= 4 is 27.3 Å². The number of anilines is 2. The summed E-state index contributed by atoms with van der Waals surface area (Å²) in [4.78, 5) is 12.8. The number of para-hydroxylation sites is 3. The third kappa shape index (κ3) is 2.45. The first-order valence-electron chi connectivity index (χ1n) is 5.12. The second-order valence-electron chi connectivity index (χ2n) is 3.40. The molecule has 0 radical (unpaired) electrons. The molecule has 0 spiro atoms. The Kier molecular flexibility index (Phi) is 3.73. The zero-order chi connectivity index (χ0) is 12.1. The van der Waals surface area contributed by atoms with Gasteiger partial charge in [0.2, 0.25) is 6.41 Å². The Bertz CT molecular complexity index is 502. The van der Waals surface area contributed by atoms with E-state index in [1.54, 1.807) is 4.90 Å². The Hall–Kier alpha value is -1.86. The SMILES string of the molecule is O=CN(c1ccccc1)c1ccccc1OP. The molecule has 0 aliphatic heterocycles. The molecule has 0 aliphatic carbocycles. The van der Waals surface area contributed by atoms with Crippen LogP contribution in [0.3, 0.4) is 0 Å². The van der Waals surface area contributed by atoms with E-state index in [0.29, 0.717) is 11.4 Å². The summed E-state index contributed by atoms with van der Waals surface area (Å²) in [6.07, 6.45) is 0.776.